The molecule has 7 heteroatoms. The lowest BCUT2D eigenvalue weighted by molar-refractivity contribution is 0.945. The number of halogens is 1. The first kappa shape index (κ1) is 11.0. The van der Waals surface area contributed by atoms with Gasteiger partial charge in [0.2, 0.25) is 0 Å². The van der Waals surface area contributed by atoms with Crippen LogP contribution in [0.1, 0.15) is 12.7 Å². The lowest BCUT2D eigenvalue weighted by Gasteiger charge is -1.94. The van der Waals surface area contributed by atoms with Crippen molar-refractivity contribution in [3.8, 4) is 0 Å². The second-order valence-corrected chi connectivity index (χ2v) is 5.50. The van der Waals surface area contributed by atoms with Crippen LogP contribution in [0, 0.1) is 0 Å². The van der Waals surface area contributed by atoms with E-state index in [2.05, 4.69) is 35.3 Å². The summed E-state index contributed by atoms with van der Waals surface area (Å²) in [6.45, 7) is 2.03. The summed E-state index contributed by atoms with van der Waals surface area (Å²) < 4.78 is 5.95. The quantitative estimate of drug-likeness (QED) is 0.816. The van der Waals surface area contributed by atoms with Crippen LogP contribution in [-0.4, -0.2) is 19.3 Å². The zero-order chi connectivity index (χ0) is 10.7. The monoisotopic (exact) mass is 302 g/mol. The van der Waals surface area contributed by atoms with E-state index in [4.69, 9.17) is 0 Å². The van der Waals surface area contributed by atoms with E-state index in [9.17, 15) is 0 Å². The molecule has 2 rings (SSSR count). The molecule has 0 fully saturated rings. The van der Waals surface area contributed by atoms with Gasteiger partial charge < -0.3 is 0 Å². The van der Waals surface area contributed by atoms with Crippen LogP contribution >= 0.6 is 39.2 Å². The minimum Gasteiger partial charge on any atom is -0.230 e. The first-order valence-electron chi connectivity index (χ1n) is 4.26. The molecule has 4 nitrogen and oxygen atoms in total. The van der Waals surface area contributed by atoms with E-state index >= 15 is 0 Å². The molecule has 0 aliphatic heterocycles. The van der Waals surface area contributed by atoms with Gasteiger partial charge in [-0.1, -0.05) is 6.92 Å². The van der Waals surface area contributed by atoms with Gasteiger partial charge in [0.05, 0.1) is 4.47 Å². The molecule has 0 aliphatic carbocycles. The van der Waals surface area contributed by atoms with Crippen LogP contribution < -0.4 is 0 Å². The van der Waals surface area contributed by atoms with Gasteiger partial charge in [-0.3, -0.25) is 0 Å². The Bertz CT molecular complexity index is 442. The Balaban J connectivity index is 2.11. The molecule has 0 aromatic carbocycles. The van der Waals surface area contributed by atoms with Crippen molar-refractivity contribution in [1.82, 2.24) is 19.3 Å². The van der Waals surface area contributed by atoms with Gasteiger partial charge in [0.25, 0.3) is 0 Å². The van der Waals surface area contributed by atoms with Gasteiger partial charge in [-0.25, -0.2) is 15.0 Å². The van der Waals surface area contributed by atoms with Crippen molar-refractivity contribution in [3.05, 3.63) is 22.7 Å². The predicted molar refractivity (Wildman–Crippen MR) is 63.1 cm³/mol. The molecule has 0 radical (unpaired) electrons. The predicted octanol–water partition coefficient (Wildman–Crippen LogP) is 2.80. The topological polar surface area (TPSA) is 51.6 Å². The van der Waals surface area contributed by atoms with Gasteiger partial charge in [0.1, 0.15) is 5.82 Å². The molecule has 0 amide bonds. The summed E-state index contributed by atoms with van der Waals surface area (Å²) in [6.07, 6.45) is 4.30. The Morgan fingerprint density at radius 3 is 2.73 bits per heavy atom. The Hall–Kier alpha value is -0.530. The smallest absolute Gasteiger partial charge is 0.194 e. The second-order valence-electron chi connectivity index (χ2n) is 2.62. The molecule has 0 spiro atoms. The average Bonchev–Trinajstić information content (AvgIpc) is 2.69. The highest BCUT2D eigenvalue weighted by molar-refractivity contribution is 9.10. The fourth-order valence-corrected chi connectivity index (χ4v) is 2.56. The van der Waals surface area contributed by atoms with Gasteiger partial charge in [-0.15, -0.1) is 0 Å². The van der Waals surface area contributed by atoms with Crippen molar-refractivity contribution in [2.24, 2.45) is 0 Å². The lowest BCUT2D eigenvalue weighted by Crippen LogP contribution is -1.85. The maximum Gasteiger partial charge on any atom is 0.194 e. The Morgan fingerprint density at radius 1 is 1.40 bits per heavy atom. The molecule has 2 heterocycles. The molecule has 0 N–H and O–H groups in total. The number of hydrogen-bond acceptors (Lipinski definition) is 6. The van der Waals surface area contributed by atoms with E-state index < -0.39 is 0 Å². The zero-order valence-corrected chi connectivity index (χ0v) is 11.1. The van der Waals surface area contributed by atoms with Crippen molar-refractivity contribution in [2.75, 3.05) is 0 Å². The van der Waals surface area contributed by atoms with E-state index in [0.29, 0.717) is 5.16 Å². The van der Waals surface area contributed by atoms with Crippen LogP contribution in [0.15, 0.2) is 26.4 Å². The second kappa shape index (κ2) is 5.00. The number of aryl methyl sites for hydroxylation is 1. The Labute approximate surface area is 104 Å². The van der Waals surface area contributed by atoms with Gasteiger partial charge in [0, 0.05) is 18.8 Å². The minimum atomic E-state index is 0.692. The van der Waals surface area contributed by atoms with Crippen molar-refractivity contribution in [1.29, 1.82) is 0 Å². The minimum absolute atomic E-state index is 0.692. The summed E-state index contributed by atoms with van der Waals surface area (Å²) in [6, 6.07) is 0. The molecule has 0 atom stereocenters. The van der Waals surface area contributed by atoms with Gasteiger partial charge in [-0.2, -0.15) is 4.37 Å². The SMILES string of the molecule is CCc1nsc(Sc2ncc(Br)cn2)n1. The molecule has 15 heavy (non-hydrogen) atoms. The molecule has 0 bridgehead atoms. The van der Waals surface area contributed by atoms with Crippen LogP contribution in [0.4, 0.5) is 0 Å². The van der Waals surface area contributed by atoms with Crippen LogP contribution in [-0.2, 0) is 6.42 Å². The molecule has 0 saturated heterocycles. The van der Waals surface area contributed by atoms with Crippen LogP contribution in [0.3, 0.4) is 0 Å². The third kappa shape index (κ3) is 2.96. The molecule has 2 aromatic heterocycles. The highest BCUT2D eigenvalue weighted by Gasteiger charge is 2.06. The molecule has 0 unspecified atom stereocenters. The van der Waals surface area contributed by atoms with Crippen molar-refractivity contribution in [3.63, 3.8) is 0 Å². The first-order chi connectivity index (χ1) is 7.28. The van der Waals surface area contributed by atoms with Gasteiger partial charge >= 0.3 is 0 Å². The summed E-state index contributed by atoms with van der Waals surface area (Å²) in [4.78, 5) is 12.6. The number of hydrogen-bond donors (Lipinski definition) is 0. The summed E-state index contributed by atoms with van der Waals surface area (Å²) >= 11 is 6.10. The van der Waals surface area contributed by atoms with E-state index in [-0.39, 0.29) is 0 Å². The molecule has 2 aromatic rings. The average molecular weight is 303 g/mol. The normalized spacial score (nSPS) is 10.5. The highest BCUT2D eigenvalue weighted by Crippen LogP contribution is 2.26. The largest absolute Gasteiger partial charge is 0.230 e. The molecular weight excluding hydrogens is 296 g/mol. The van der Waals surface area contributed by atoms with E-state index in [1.807, 2.05) is 6.92 Å². The van der Waals surface area contributed by atoms with E-state index in [0.717, 1.165) is 21.1 Å². The molecule has 0 aliphatic rings. The Kier molecular flexibility index (Phi) is 3.66. The highest BCUT2D eigenvalue weighted by atomic mass is 79.9. The fraction of sp³-hybridized carbons (Fsp3) is 0.250. The summed E-state index contributed by atoms with van der Waals surface area (Å²) in [5, 5.41) is 0.692. The molecular formula is C8H7BrN4S2. The first-order valence-corrected chi connectivity index (χ1v) is 6.64. The zero-order valence-electron chi connectivity index (χ0n) is 7.85. The summed E-state index contributed by atoms with van der Waals surface area (Å²) in [7, 11) is 0. The maximum atomic E-state index is 4.33. The van der Waals surface area contributed by atoms with E-state index in [1.165, 1.54) is 23.3 Å². The van der Waals surface area contributed by atoms with Gasteiger partial charge in [0.15, 0.2) is 9.50 Å². The van der Waals surface area contributed by atoms with Crippen LogP contribution in [0.25, 0.3) is 0 Å². The number of nitrogens with zero attached hydrogens (tertiary/aromatic N) is 4. The molecule has 78 valence electrons. The van der Waals surface area contributed by atoms with Crippen molar-refractivity contribution >= 4 is 39.2 Å². The maximum absolute atomic E-state index is 4.33. The van der Waals surface area contributed by atoms with Crippen molar-refractivity contribution in [2.45, 2.75) is 22.8 Å². The standard InChI is InChI=1S/C8H7BrN4S2/c1-2-6-12-8(15-13-6)14-7-10-3-5(9)4-11-7/h3-4H,2H2,1H3. The fourth-order valence-electron chi connectivity index (χ4n) is 0.854. The summed E-state index contributed by atoms with van der Waals surface area (Å²) in [5.74, 6) is 0.875. The third-order valence-electron chi connectivity index (χ3n) is 1.54. The summed E-state index contributed by atoms with van der Waals surface area (Å²) in [5.41, 5.74) is 0. The number of rotatable bonds is 3. The van der Waals surface area contributed by atoms with Crippen LogP contribution in [0.2, 0.25) is 0 Å². The third-order valence-corrected chi connectivity index (χ3v) is 3.63. The van der Waals surface area contributed by atoms with Crippen LogP contribution in [0.5, 0.6) is 0 Å². The van der Waals surface area contributed by atoms with Crippen molar-refractivity contribution < 1.29 is 0 Å². The van der Waals surface area contributed by atoms with E-state index in [1.54, 1.807) is 12.4 Å². The molecule has 0 saturated carbocycles. The Morgan fingerprint density at radius 2 is 2.13 bits per heavy atom. The number of aromatic nitrogens is 4. The lowest BCUT2D eigenvalue weighted by atomic mass is 10.5. The van der Waals surface area contributed by atoms with Gasteiger partial charge in [-0.05, 0) is 39.2 Å².